The number of carbonyl (C=O) groups excluding carboxylic acids is 1. The van der Waals surface area contributed by atoms with E-state index in [-0.39, 0.29) is 11.4 Å². The Hall–Kier alpha value is -2.60. The third-order valence-corrected chi connectivity index (χ3v) is 4.51. The van der Waals surface area contributed by atoms with Gasteiger partial charge in [-0.1, -0.05) is 0 Å². The van der Waals surface area contributed by atoms with E-state index < -0.39 is 0 Å². The van der Waals surface area contributed by atoms with Gasteiger partial charge in [-0.2, -0.15) is 0 Å². The van der Waals surface area contributed by atoms with Crippen LogP contribution in [0.5, 0.6) is 0 Å². The fourth-order valence-corrected chi connectivity index (χ4v) is 3.09. The average molecular weight is 367 g/mol. The number of aromatic nitrogens is 1. The summed E-state index contributed by atoms with van der Waals surface area (Å²) in [6, 6.07) is 9.87. The highest BCUT2D eigenvalue weighted by molar-refractivity contribution is 6.04. The van der Waals surface area contributed by atoms with Crippen molar-refractivity contribution < 1.29 is 4.79 Å². The minimum atomic E-state index is -0.160. The number of hydrogen-bond acceptors (Lipinski definition) is 5. The second kappa shape index (κ2) is 7.96. The van der Waals surface area contributed by atoms with Crippen molar-refractivity contribution in [3.05, 3.63) is 48.3 Å². The van der Waals surface area contributed by atoms with Crippen molar-refractivity contribution in [3.63, 3.8) is 0 Å². The van der Waals surface area contributed by atoms with E-state index in [1.165, 1.54) is 5.69 Å². The molecule has 27 heavy (non-hydrogen) atoms. The quantitative estimate of drug-likeness (QED) is 0.868. The van der Waals surface area contributed by atoms with E-state index >= 15 is 0 Å². The molecular weight excluding hydrogens is 338 g/mol. The van der Waals surface area contributed by atoms with Gasteiger partial charge in [-0.15, -0.1) is 0 Å². The summed E-state index contributed by atoms with van der Waals surface area (Å²) in [6.45, 7) is 10.4. The van der Waals surface area contributed by atoms with Gasteiger partial charge < -0.3 is 20.4 Å². The maximum atomic E-state index is 12.6. The van der Waals surface area contributed by atoms with Gasteiger partial charge >= 0.3 is 0 Å². The molecule has 1 aliphatic rings. The zero-order valence-electron chi connectivity index (χ0n) is 16.6. The first-order chi connectivity index (χ1) is 12.8. The summed E-state index contributed by atoms with van der Waals surface area (Å²) in [4.78, 5) is 21.4. The van der Waals surface area contributed by atoms with Crippen molar-refractivity contribution >= 4 is 23.0 Å². The Bertz CT molecular complexity index is 774. The zero-order chi connectivity index (χ0) is 19.4. The van der Waals surface area contributed by atoms with E-state index in [1.807, 2.05) is 18.2 Å². The van der Waals surface area contributed by atoms with Gasteiger partial charge in [-0.25, -0.2) is 0 Å². The molecule has 3 rings (SSSR count). The Labute approximate surface area is 161 Å². The second-order valence-electron chi connectivity index (χ2n) is 8.13. The van der Waals surface area contributed by atoms with Crippen LogP contribution in [0.2, 0.25) is 0 Å². The molecule has 0 unspecified atom stereocenters. The Morgan fingerprint density at radius 3 is 2.30 bits per heavy atom. The van der Waals surface area contributed by atoms with Crippen molar-refractivity contribution in [1.82, 2.24) is 9.88 Å². The summed E-state index contributed by atoms with van der Waals surface area (Å²) >= 11 is 0. The normalized spacial score (nSPS) is 15.5. The average Bonchev–Trinajstić information content (AvgIpc) is 2.62. The molecule has 0 aliphatic carbocycles. The number of benzene rings is 1. The van der Waals surface area contributed by atoms with Gasteiger partial charge in [0.15, 0.2) is 0 Å². The molecule has 1 amide bonds. The molecule has 1 aromatic heterocycles. The summed E-state index contributed by atoms with van der Waals surface area (Å²) < 4.78 is 0. The predicted octanol–water partition coefficient (Wildman–Crippen LogP) is 3.30. The lowest BCUT2D eigenvalue weighted by molar-refractivity contribution is 0.102. The van der Waals surface area contributed by atoms with Crippen LogP contribution in [0, 0.1) is 0 Å². The smallest absolute Gasteiger partial charge is 0.257 e. The number of piperazine rings is 1. The fourth-order valence-electron chi connectivity index (χ4n) is 3.09. The standard InChI is InChI=1S/C21H29N5O/c1-21(2,3)24-18-13-16(14-22-15-18)20(27)23-17-5-7-19(8-6-17)26-11-9-25(4)10-12-26/h5-8,13-15,24H,9-12H2,1-4H3,(H,23,27). The Kier molecular flexibility index (Phi) is 5.65. The van der Waals surface area contributed by atoms with E-state index in [4.69, 9.17) is 0 Å². The first-order valence-corrected chi connectivity index (χ1v) is 9.38. The highest BCUT2D eigenvalue weighted by Gasteiger charge is 2.15. The number of anilines is 3. The second-order valence-corrected chi connectivity index (χ2v) is 8.13. The van der Waals surface area contributed by atoms with Crippen molar-refractivity contribution in [2.75, 3.05) is 48.8 Å². The fraction of sp³-hybridized carbons (Fsp3) is 0.429. The van der Waals surface area contributed by atoms with Crippen LogP contribution < -0.4 is 15.5 Å². The molecule has 0 atom stereocenters. The molecule has 2 heterocycles. The van der Waals surface area contributed by atoms with Crippen LogP contribution in [0.1, 0.15) is 31.1 Å². The lowest BCUT2D eigenvalue weighted by Crippen LogP contribution is -2.44. The van der Waals surface area contributed by atoms with Crippen LogP contribution in [-0.2, 0) is 0 Å². The minimum absolute atomic E-state index is 0.0874. The summed E-state index contributed by atoms with van der Waals surface area (Å²) in [5, 5.41) is 6.29. The summed E-state index contributed by atoms with van der Waals surface area (Å²) in [5.41, 5.74) is 3.26. The third-order valence-electron chi connectivity index (χ3n) is 4.51. The van der Waals surface area contributed by atoms with Crippen molar-refractivity contribution in [3.8, 4) is 0 Å². The molecule has 6 nitrogen and oxygen atoms in total. The lowest BCUT2D eigenvalue weighted by Gasteiger charge is -2.34. The highest BCUT2D eigenvalue weighted by atomic mass is 16.1. The van der Waals surface area contributed by atoms with Crippen molar-refractivity contribution in [2.45, 2.75) is 26.3 Å². The van der Waals surface area contributed by atoms with Gasteiger partial charge in [0, 0.05) is 55.5 Å². The molecule has 144 valence electrons. The molecule has 2 aromatic rings. The molecule has 2 N–H and O–H groups in total. The number of nitrogens with one attached hydrogen (secondary N) is 2. The number of amides is 1. The molecule has 0 spiro atoms. The summed E-state index contributed by atoms with van der Waals surface area (Å²) in [7, 11) is 2.15. The maximum absolute atomic E-state index is 12.6. The molecule has 0 saturated carbocycles. The molecule has 1 aromatic carbocycles. The monoisotopic (exact) mass is 367 g/mol. The van der Waals surface area contributed by atoms with E-state index in [9.17, 15) is 4.79 Å². The SMILES string of the molecule is CN1CCN(c2ccc(NC(=O)c3cncc(NC(C)(C)C)c3)cc2)CC1. The summed E-state index contributed by atoms with van der Waals surface area (Å²) in [6.07, 6.45) is 3.31. The van der Waals surface area contributed by atoms with Gasteiger partial charge in [-0.05, 0) is 58.2 Å². The molecule has 0 radical (unpaired) electrons. The number of nitrogens with zero attached hydrogens (tertiary/aromatic N) is 3. The first kappa shape index (κ1) is 19.2. The molecule has 1 saturated heterocycles. The molecular formula is C21H29N5O. The number of hydrogen-bond donors (Lipinski definition) is 2. The molecule has 1 aliphatic heterocycles. The van der Waals surface area contributed by atoms with E-state index in [2.05, 4.69) is 65.4 Å². The summed E-state index contributed by atoms with van der Waals surface area (Å²) in [5.74, 6) is -0.160. The van der Waals surface area contributed by atoms with Gasteiger partial charge in [0.05, 0.1) is 11.3 Å². The number of pyridine rings is 1. The number of rotatable bonds is 4. The predicted molar refractivity (Wildman–Crippen MR) is 112 cm³/mol. The molecule has 6 heteroatoms. The van der Waals surface area contributed by atoms with Crippen LogP contribution >= 0.6 is 0 Å². The van der Waals surface area contributed by atoms with Crippen LogP contribution in [0.25, 0.3) is 0 Å². The first-order valence-electron chi connectivity index (χ1n) is 9.38. The number of likely N-dealkylation sites (N-methyl/N-ethyl adjacent to an activating group) is 1. The van der Waals surface area contributed by atoms with Gasteiger partial charge in [0.1, 0.15) is 0 Å². The highest BCUT2D eigenvalue weighted by Crippen LogP contribution is 2.20. The number of carbonyl (C=O) groups is 1. The Morgan fingerprint density at radius 1 is 1.00 bits per heavy atom. The third kappa shape index (κ3) is 5.44. The topological polar surface area (TPSA) is 60.5 Å². The zero-order valence-corrected chi connectivity index (χ0v) is 16.6. The van der Waals surface area contributed by atoms with Crippen LogP contribution in [-0.4, -0.2) is 54.6 Å². The van der Waals surface area contributed by atoms with Gasteiger partial charge in [0.25, 0.3) is 5.91 Å². The van der Waals surface area contributed by atoms with E-state index in [1.54, 1.807) is 12.4 Å². The van der Waals surface area contributed by atoms with Gasteiger partial charge in [0.2, 0.25) is 0 Å². The van der Waals surface area contributed by atoms with Crippen molar-refractivity contribution in [1.29, 1.82) is 0 Å². The van der Waals surface area contributed by atoms with Gasteiger partial charge in [-0.3, -0.25) is 9.78 Å². The Morgan fingerprint density at radius 2 is 1.67 bits per heavy atom. The molecule has 0 bridgehead atoms. The van der Waals surface area contributed by atoms with Crippen LogP contribution in [0.3, 0.4) is 0 Å². The van der Waals surface area contributed by atoms with Crippen molar-refractivity contribution in [2.24, 2.45) is 0 Å². The van der Waals surface area contributed by atoms with E-state index in [0.29, 0.717) is 5.56 Å². The minimum Gasteiger partial charge on any atom is -0.379 e. The molecule has 1 fully saturated rings. The Balaban J connectivity index is 1.63. The lowest BCUT2D eigenvalue weighted by atomic mass is 10.1. The maximum Gasteiger partial charge on any atom is 0.257 e. The van der Waals surface area contributed by atoms with Crippen LogP contribution in [0.4, 0.5) is 17.1 Å². The van der Waals surface area contributed by atoms with Crippen LogP contribution in [0.15, 0.2) is 42.7 Å². The largest absolute Gasteiger partial charge is 0.379 e. The van der Waals surface area contributed by atoms with E-state index in [0.717, 1.165) is 37.6 Å².